The average molecular weight is 338 g/mol. The molecule has 20 heavy (non-hydrogen) atoms. The molecule has 1 heterocycles. The predicted molar refractivity (Wildman–Crippen MR) is 84.1 cm³/mol. The summed E-state index contributed by atoms with van der Waals surface area (Å²) in [5, 5.41) is 3.14. The van der Waals surface area contributed by atoms with Crippen LogP contribution in [0.2, 0.25) is 0 Å². The smallest absolute Gasteiger partial charge is 0.243 e. The first kappa shape index (κ1) is 14.5. The molecular formula is C12H16BrN7. The highest BCUT2D eigenvalue weighted by Crippen LogP contribution is 2.26. The Morgan fingerprint density at radius 3 is 2.45 bits per heavy atom. The fourth-order valence-corrected chi connectivity index (χ4v) is 2.12. The van der Waals surface area contributed by atoms with Gasteiger partial charge in [0.15, 0.2) is 0 Å². The van der Waals surface area contributed by atoms with Crippen LogP contribution in [0, 0.1) is 6.92 Å². The third-order valence-electron chi connectivity index (χ3n) is 2.52. The molecule has 0 atom stereocenters. The Labute approximate surface area is 125 Å². The largest absolute Gasteiger partial charge is 0.347 e. The summed E-state index contributed by atoms with van der Waals surface area (Å²) in [6.07, 6.45) is 0. The number of nitrogens with two attached hydrogens (primary N) is 1. The van der Waals surface area contributed by atoms with Gasteiger partial charge in [0.2, 0.25) is 17.8 Å². The van der Waals surface area contributed by atoms with Crippen LogP contribution in [-0.2, 0) is 0 Å². The van der Waals surface area contributed by atoms with Crippen LogP contribution in [0.3, 0.4) is 0 Å². The summed E-state index contributed by atoms with van der Waals surface area (Å²) in [5.74, 6) is 6.60. The maximum atomic E-state index is 5.37. The van der Waals surface area contributed by atoms with E-state index < -0.39 is 0 Å². The van der Waals surface area contributed by atoms with Gasteiger partial charge < -0.3 is 10.2 Å². The van der Waals surface area contributed by atoms with Gasteiger partial charge in [-0.25, -0.2) is 5.84 Å². The van der Waals surface area contributed by atoms with Crippen LogP contribution in [-0.4, -0.2) is 29.0 Å². The van der Waals surface area contributed by atoms with Crippen LogP contribution in [0.15, 0.2) is 22.7 Å². The van der Waals surface area contributed by atoms with E-state index in [9.17, 15) is 0 Å². The minimum atomic E-state index is 0.300. The lowest BCUT2D eigenvalue weighted by Crippen LogP contribution is -2.18. The number of hydrogen-bond donors (Lipinski definition) is 3. The monoisotopic (exact) mass is 337 g/mol. The fraction of sp³-hybridized carbons (Fsp3) is 0.250. The zero-order valence-corrected chi connectivity index (χ0v) is 13.1. The van der Waals surface area contributed by atoms with E-state index in [1.165, 1.54) is 0 Å². The number of benzene rings is 1. The summed E-state index contributed by atoms with van der Waals surface area (Å²) in [5.41, 5.74) is 4.46. The molecule has 8 heteroatoms. The van der Waals surface area contributed by atoms with E-state index in [0.29, 0.717) is 17.8 Å². The van der Waals surface area contributed by atoms with Crippen LogP contribution < -0.4 is 21.5 Å². The van der Waals surface area contributed by atoms with Gasteiger partial charge in [0, 0.05) is 18.6 Å². The molecule has 1 aromatic heterocycles. The van der Waals surface area contributed by atoms with Gasteiger partial charge in [-0.3, -0.25) is 5.43 Å². The lowest BCUT2D eigenvalue weighted by molar-refractivity contribution is 0.957. The number of aromatic nitrogens is 3. The highest BCUT2D eigenvalue weighted by molar-refractivity contribution is 9.10. The minimum absolute atomic E-state index is 0.300. The number of halogens is 1. The standard InChI is InChI=1S/C12H16BrN7/c1-7-4-5-9(8(13)6-7)15-10-16-11(19-14)18-12(17-10)20(2)3/h4-6H,14H2,1-3H3,(H2,15,16,17,18,19). The van der Waals surface area contributed by atoms with E-state index in [2.05, 4.69) is 41.6 Å². The predicted octanol–water partition coefficient (Wildman–Crippen LogP) is 2.04. The summed E-state index contributed by atoms with van der Waals surface area (Å²) >= 11 is 3.50. The Morgan fingerprint density at radius 2 is 1.85 bits per heavy atom. The average Bonchev–Trinajstić information content (AvgIpc) is 2.41. The van der Waals surface area contributed by atoms with Crippen molar-refractivity contribution in [3.05, 3.63) is 28.2 Å². The number of anilines is 4. The van der Waals surface area contributed by atoms with Crippen molar-refractivity contribution in [1.82, 2.24) is 15.0 Å². The van der Waals surface area contributed by atoms with E-state index in [-0.39, 0.29) is 0 Å². The van der Waals surface area contributed by atoms with Crippen molar-refractivity contribution < 1.29 is 0 Å². The number of nitrogens with one attached hydrogen (secondary N) is 2. The zero-order chi connectivity index (χ0) is 14.7. The number of rotatable bonds is 4. The zero-order valence-electron chi connectivity index (χ0n) is 11.5. The van der Waals surface area contributed by atoms with Crippen LogP contribution >= 0.6 is 15.9 Å². The molecule has 0 unspecified atom stereocenters. The quantitative estimate of drug-likeness (QED) is 0.580. The van der Waals surface area contributed by atoms with E-state index >= 15 is 0 Å². The van der Waals surface area contributed by atoms with Crippen LogP contribution in [0.25, 0.3) is 0 Å². The molecule has 0 aliphatic heterocycles. The summed E-state index contributed by atoms with van der Waals surface area (Å²) in [7, 11) is 3.70. The molecule has 0 amide bonds. The summed E-state index contributed by atoms with van der Waals surface area (Å²) < 4.78 is 0.937. The SMILES string of the molecule is Cc1ccc(Nc2nc(NN)nc(N(C)C)n2)c(Br)c1. The van der Waals surface area contributed by atoms with E-state index in [1.807, 2.05) is 39.2 Å². The molecular weight excluding hydrogens is 322 g/mol. The van der Waals surface area contributed by atoms with E-state index in [1.54, 1.807) is 4.90 Å². The lowest BCUT2D eigenvalue weighted by atomic mass is 10.2. The number of hydrogen-bond acceptors (Lipinski definition) is 7. The van der Waals surface area contributed by atoms with Gasteiger partial charge in [0.05, 0.1) is 5.69 Å². The Morgan fingerprint density at radius 1 is 1.15 bits per heavy atom. The van der Waals surface area contributed by atoms with Gasteiger partial charge in [-0.1, -0.05) is 6.07 Å². The Hall–Kier alpha value is -1.93. The first-order chi connectivity index (χ1) is 9.49. The van der Waals surface area contributed by atoms with Crippen molar-refractivity contribution in [2.45, 2.75) is 6.92 Å². The molecule has 0 saturated heterocycles. The molecule has 0 bridgehead atoms. The van der Waals surface area contributed by atoms with Crippen molar-refractivity contribution in [2.75, 3.05) is 29.7 Å². The first-order valence-electron chi connectivity index (χ1n) is 5.93. The maximum Gasteiger partial charge on any atom is 0.243 e. The molecule has 4 N–H and O–H groups in total. The second kappa shape index (κ2) is 6.02. The third kappa shape index (κ3) is 3.34. The van der Waals surface area contributed by atoms with Crippen molar-refractivity contribution in [3.63, 3.8) is 0 Å². The Balaban J connectivity index is 2.34. The van der Waals surface area contributed by atoms with Crippen molar-refractivity contribution in [1.29, 1.82) is 0 Å². The van der Waals surface area contributed by atoms with Gasteiger partial charge in [-0.05, 0) is 40.5 Å². The molecule has 7 nitrogen and oxygen atoms in total. The molecule has 0 spiro atoms. The second-order valence-electron chi connectivity index (χ2n) is 4.43. The summed E-state index contributed by atoms with van der Waals surface area (Å²) in [6, 6.07) is 5.97. The topological polar surface area (TPSA) is 92.0 Å². The third-order valence-corrected chi connectivity index (χ3v) is 3.18. The maximum absolute atomic E-state index is 5.37. The lowest BCUT2D eigenvalue weighted by Gasteiger charge is -2.13. The highest BCUT2D eigenvalue weighted by Gasteiger charge is 2.09. The van der Waals surface area contributed by atoms with Crippen molar-refractivity contribution in [2.24, 2.45) is 5.84 Å². The molecule has 0 aliphatic carbocycles. The van der Waals surface area contributed by atoms with Crippen molar-refractivity contribution >= 4 is 39.5 Å². The van der Waals surface area contributed by atoms with Gasteiger partial charge in [-0.2, -0.15) is 15.0 Å². The molecule has 2 aromatic rings. The molecule has 0 saturated carbocycles. The van der Waals surface area contributed by atoms with Crippen LogP contribution in [0.1, 0.15) is 5.56 Å². The normalized spacial score (nSPS) is 10.2. The fourth-order valence-electron chi connectivity index (χ4n) is 1.53. The van der Waals surface area contributed by atoms with Gasteiger partial charge in [0.1, 0.15) is 0 Å². The number of aryl methyl sites for hydroxylation is 1. The van der Waals surface area contributed by atoms with Gasteiger partial charge in [-0.15, -0.1) is 0 Å². The number of nitrogen functional groups attached to an aromatic ring is 1. The molecule has 0 aliphatic rings. The van der Waals surface area contributed by atoms with Gasteiger partial charge in [0.25, 0.3) is 0 Å². The molecule has 0 radical (unpaired) electrons. The molecule has 2 rings (SSSR count). The number of hydrazine groups is 1. The first-order valence-corrected chi connectivity index (χ1v) is 6.72. The minimum Gasteiger partial charge on any atom is -0.347 e. The Bertz CT molecular complexity index is 615. The number of nitrogens with zero attached hydrogens (tertiary/aromatic N) is 4. The van der Waals surface area contributed by atoms with Gasteiger partial charge >= 0.3 is 0 Å². The Kier molecular flexibility index (Phi) is 4.35. The molecule has 0 fully saturated rings. The van der Waals surface area contributed by atoms with E-state index in [0.717, 1.165) is 15.7 Å². The summed E-state index contributed by atoms with van der Waals surface area (Å²) in [6.45, 7) is 2.03. The van der Waals surface area contributed by atoms with Crippen LogP contribution in [0.5, 0.6) is 0 Å². The second-order valence-corrected chi connectivity index (χ2v) is 5.28. The highest BCUT2D eigenvalue weighted by atomic mass is 79.9. The molecule has 106 valence electrons. The van der Waals surface area contributed by atoms with Crippen LogP contribution in [0.4, 0.5) is 23.5 Å². The molecule has 1 aromatic carbocycles. The summed E-state index contributed by atoms with van der Waals surface area (Å²) in [4.78, 5) is 14.4. The van der Waals surface area contributed by atoms with Crippen molar-refractivity contribution in [3.8, 4) is 0 Å². The van der Waals surface area contributed by atoms with E-state index in [4.69, 9.17) is 5.84 Å².